The number of piperidine rings is 1. The number of rotatable bonds is 6. The molecule has 0 spiro atoms. The van der Waals surface area contributed by atoms with E-state index in [0.29, 0.717) is 5.92 Å². The Morgan fingerprint density at radius 1 is 1.12 bits per heavy atom. The lowest BCUT2D eigenvalue weighted by molar-refractivity contribution is 0.136. The molecule has 2 heterocycles. The molecule has 1 aromatic carbocycles. The molecule has 1 atom stereocenters. The Labute approximate surface area is 150 Å². The number of ether oxygens (including phenoxy) is 1. The van der Waals surface area contributed by atoms with Crippen molar-refractivity contribution >= 4 is 12.6 Å². The third kappa shape index (κ3) is 4.99. The Morgan fingerprint density at radius 2 is 1.79 bits per heavy atom. The monoisotopic (exact) mass is 342 g/mol. The van der Waals surface area contributed by atoms with Gasteiger partial charge in [0.15, 0.2) is 0 Å². The number of nitrogens with zero attached hydrogens (tertiary/aromatic N) is 2. The van der Waals surface area contributed by atoms with Gasteiger partial charge in [-0.05, 0) is 74.2 Å². The zero-order valence-electron chi connectivity index (χ0n) is 14.3. The van der Waals surface area contributed by atoms with E-state index < -0.39 is 0 Å². The van der Waals surface area contributed by atoms with Crippen molar-refractivity contribution < 1.29 is 4.74 Å². The van der Waals surface area contributed by atoms with Crippen LogP contribution in [0.2, 0.25) is 0 Å². The van der Waals surface area contributed by atoms with Crippen molar-refractivity contribution in [3.05, 3.63) is 59.9 Å². The average Bonchev–Trinajstić information content (AvgIpc) is 2.62. The summed E-state index contributed by atoms with van der Waals surface area (Å²) < 4.78 is 5.98. The molecule has 1 aliphatic rings. The summed E-state index contributed by atoms with van der Waals surface area (Å²) in [6, 6.07) is 12.5. The predicted molar refractivity (Wildman–Crippen MR) is 102 cm³/mol. The molecule has 4 heteroatoms. The Kier molecular flexibility index (Phi) is 6.16. The molecule has 1 aromatic heterocycles. The number of likely N-dealkylation sites (tertiary alicyclic amines) is 1. The molecule has 0 amide bonds. The molecule has 0 N–H and O–H groups in total. The van der Waals surface area contributed by atoms with Crippen molar-refractivity contribution in [2.45, 2.75) is 31.6 Å². The number of benzene rings is 1. The van der Waals surface area contributed by atoms with E-state index in [9.17, 15) is 0 Å². The second-order valence-corrected chi connectivity index (χ2v) is 7.41. The van der Waals surface area contributed by atoms with E-state index in [-0.39, 0.29) is 5.25 Å². The quantitative estimate of drug-likeness (QED) is 0.790. The van der Waals surface area contributed by atoms with Crippen molar-refractivity contribution in [1.82, 2.24) is 9.88 Å². The standard InChI is InChI=1S/C20H26N2OS/c1-16(24)19-2-4-20(5-3-19)23-15-18-8-12-22(13-9-18)14-17-6-10-21-11-7-17/h2-7,10-11,16,18,24H,8-9,12-15H2,1H3. The average molecular weight is 343 g/mol. The summed E-state index contributed by atoms with van der Waals surface area (Å²) in [5.74, 6) is 1.62. The highest BCUT2D eigenvalue weighted by Gasteiger charge is 2.19. The minimum absolute atomic E-state index is 0.267. The minimum Gasteiger partial charge on any atom is -0.493 e. The lowest BCUT2D eigenvalue weighted by Crippen LogP contribution is -2.35. The second-order valence-electron chi connectivity index (χ2n) is 6.63. The fraction of sp³-hybridized carbons (Fsp3) is 0.450. The first-order valence-electron chi connectivity index (χ1n) is 8.73. The van der Waals surface area contributed by atoms with Gasteiger partial charge in [-0.25, -0.2) is 0 Å². The van der Waals surface area contributed by atoms with E-state index in [1.165, 1.54) is 24.0 Å². The summed E-state index contributed by atoms with van der Waals surface area (Å²) >= 11 is 4.45. The van der Waals surface area contributed by atoms with Gasteiger partial charge in [0.25, 0.3) is 0 Å². The Bertz CT molecular complexity index is 607. The molecule has 3 nitrogen and oxygen atoms in total. The Morgan fingerprint density at radius 3 is 2.42 bits per heavy atom. The molecule has 0 saturated carbocycles. The summed E-state index contributed by atoms with van der Waals surface area (Å²) in [7, 11) is 0. The number of pyridine rings is 1. The fourth-order valence-corrected chi connectivity index (χ4v) is 3.29. The van der Waals surface area contributed by atoms with Gasteiger partial charge in [0.2, 0.25) is 0 Å². The highest BCUT2D eigenvalue weighted by Crippen LogP contribution is 2.23. The predicted octanol–water partition coefficient (Wildman–Crippen LogP) is 4.36. The van der Waals surface area contributed by atoms with E-state index in [0.717, 1.165) is 32.0 Å². The van der Waals surface area contributed by atoms with Crippen molar-refractivity contribution in [3.8, 4) is 5.75 Å². The van der Waals surface area contributed by atoms with Crippen LogP contribution in [0.4, 0.5) is 0 Å². The van der Waals surface area contributed by atoms with Crippen LogP contribution in [0.1, 0.15) is 36.1 Å². The van der Waals surface area contributed by atoms with Crippen molar-refractivity contribution in [3.63, 3.8) is 0 Å². The maximum atomic E-state index is 5.98. The van der Waals surface area contributed by atoms with Crippen LogP contribution in [-0.4, -0.2) is 29.6 Å². The van der Waals surface area contributed by atoms with Crippen LogP contribution in [0.5, 0.6) is 5.75 Å². The van der Waals surface area contributed by atoms with Gasteiger partial charge in [0, 0.05) is 24.2 Å². The van der Waals surface area contributed by atoms with Crippen LogP contribution in [0.25, 0.3) is 0 Å². The molecule has 1 fully saturated rings. The molecular formula is C20H26N2OS. The van der Waals surface area contributed by atoms with E-state index >= 15 is 0 Å². The van der Waals surface area contributed by atoms with Gasteiger partial charge in [-0.15, -0.1) is 0 Å². The van der Waals surface area contributed by atoms with Crippen molar-refractivity contribution in [2.24, 2.45) is 5.92 Å². The largest absolute Gasteiger partial charge is 0.493 e. The number of hydrogen-bond acceptors (Lipinski definition) is 4. The summed E-state index contributed by atoms with van der Waals surface area (Å²) in [5.41, 5.74) is 2.58. The normalized spacial score (nSPS) is 17.6. The van der Waals surface area contributed by atoms with E-state index in [1.54, 1.807) is 0 Å². The van der Waals surface area contributed by atoms with E-state index in [2.05, 4.69) is 65.8 Å². The first kappa shape index (κ1) is 17.3. The summed E-state index contributed by atoms with van der Waals surface area (Å²) in [6.45, 7) is 6.22. The highest BCUT2D eigenvalue weighted by atomic mass is 32.1. The Hall–Kier alpha value is -1.52. The van der Waals surface area contributed by atoms with Crippen LogP contribution >= 0.6 is 12.6 Å². The highest BCUT2D eigenvalue weighted by molar-refractivity contribution is 7.80. The van der Waals surface area contributed by atoms with Gasteiger partial charge >= 0.3 is 0 Å². The smallest absolute Gasteiger partial charge is 0.119 e. The van der Waals surface area contributed by atoms with E-state index in [1.807, 2.05) is 12.4 Å². The third-order valence-corrected chi connectivity index (χ3v) is 5.01. The number of hydrogen-bond donors (Lipinski definition) is 1. The minimum atomic E-state index is 0.267. The van der Waals surface area contributed by atoms with Gasteiger partial charge in [0.05, 0.1) is 6.61 Å². The Balaban J connectivity index is 1.41. The molecular weight excluding hydrogens is 316 g/mol. The second kappa shape index (κ2) is 8.54. The van der Waals surface area contributed by atoms with Crippen LogP contribution in [0, 0.1) is 5.92 Å². The zero-order chi connectivity index (χ0) is 16.8. The molecule has 0 bridgehead atoms. The lowest BCUT2D eigenvalue weighted by atomic mass is 9.97. The summed E-state index contributed by atoms with van der Waals surface area (Å²) in [5, 5.41) is 0.267. The summed E-state index contributed by atoms with van der Waals surface area (Å²) in [4.78, 5) is 6.60. The molecule has 128 valence electrons. The molecule has 2 aromatic rings. The topological polar surface area (TPSA) is 25.4 Å². The van der Waals surface area contributed by atoms with E-state index in [4.69, 9.17) is 4.74 Å². The molecule has 1 unspecified atom stereocenters. The van der Waals surface area contributed by atoms with Crippen LogP contribution in [0.15, 0.2) is 48.8 Å². The first-order chi connectivity index (χ1) is 11.7. The summed E-state index contributed by atoms with van der Waals surface area (Å²) in [6.07, 6.45) is 6.15. The SMILES string of the molecule is CC(S)c1ccc(OCC2CCN(Cc3ccncc3)CC2)cc1. The first-order valence-corrected chi connectivity index (χ1v) is 9.24. The maximum Gasteiger partial charge on any atom is 0.119 e. The molecule has 0 aliphatic carbocycles. The van der Waals surface area contributed by atoms with Crippen LogP contribution < -0.4 is 4.74 Å². The van der Waals surface area contributed by atoms with Crippen molar-refractivity contribution in [1.29, 1.82) is 0 Å². The molecule has 0 radical (unpaired) electrons. The molecule has 3 rings (SSSR count). The maximum absolute atomic E-state index is 5.98. The number of thiol groups is 1. The molecule has 1 aliphatic heterocycles. The lowest BCUT2D eigenvalue weighted by Gasteiger charge is -2.31. The van der Waals surface area contributed by atoms with Gasteiger partial charge in [-0.1, -0.05) is 12.1 Å². The fourth-order valence-electron chi connectivity index (χ4n) is 3.11. The van der Waals surface area contributed by atoms with Crippen LogP contribution in [0.3, 0.4) is 0 Å². The van der Waals surface area contributed by atoms with Crippen LogP contribution in [-0.2, 0) is 6.54 Å². The van der Waals surface area contributed by atoms with Gasteiger partial charge in [-0.3, -0.25) is 9.88 Å². The van der Waals surface area contributed by atoms with Gasteiger partial charge in [0.1, 0.15) is 5.75 Å². The number of aromatic nitrogens is 1. The van der Waals surface area contributed by atoms with Crippen molar-refractivity contribution in [2.75, 3.05) is 19.7 Å². The third-order valence-electron chi connectivity index (χ3n) is 4.71. The van der Waals surface area contributed by atoms with Gasteiger partial charge < -0.3 is 4.74 Å². The van der Waals surface area contributed by atoms with Gasteiger partial charge in [-0.2, -0.15) is 12.6 Å². The molecule has 24 heavy (non-hydrogen) atoms. The zero-order valence-corrected chi connectivity index (χ0v) is 15.2. The molecule has 1 saturated heterocycles.